The zero-order valence-electron chi connectivity index (χ0n) is 10.4. The maximum atomic E-state index is 11.9. The van der Waals surface area contributed by atoms with Crippen molar-refractivity contribution in [2.45, 2.75) is 26.7 Å². The standard InChI is InChI=1S/C12H18N2O2S/c1-9(2)11-6-4-5-10(3)12(11)13-17(15,16)14-7-8-14/h4-6,9,13H,7-8H2,1-3H3. The molecule has 4 nitrogen and oxygen atoms in total. The van der Waals surface area contributed by atoms with E-state index in [1.807, 2.05) is 25.1 Å². The van der Waals surface area contributed by atoms with E-state index < -0.39 is 10.2 Å². The third kappa shape index (κ3) is 2.61. The second-order valence-corrected chi connectivity index (χ2v) is 6.37. The molecule has 1 fully saturated rings. The predicted octanol–water partition coefficient (Wildman–Crippen LogP) is 2.09. The molecule has 1 aliphatic rings. The average molecular weight is 254 g/mol. The van der Waals surface area contributed by atoms with Gasteiger partial charge in [-0.15, -0.1) is 0 Å². The van der Waals surface area contributed by atoms with Gasteiger partial charge in [0.2, 0.25) is 0 Å². The summed E-state index contributed by atoms with van der Waals surface area (Å²) < 4.78 is 27.9. The van der Waals surface area contributed by atoms with Gasteiger partial charge in [-0.05, 0) is 24.0 Å². The van der Waals surface area contributed by atoms with Crippen molar-refractivity contribution in [2.24, 2.45) is 0 Å². The molecule has 0 atom stereocenters. The highest BCUT2D eigenvalue weighted by atomic mass is 32.2. The highest BCUT2D eigenvalue weighted by Crippen LogP contribution is 2.29. The third-order valence-corrected chi connectivity index (χ3v) is 4.41. The summed E-state index contributed by atoms with van der Waals surface area (Å²) in [6, 6.07) is 5.85. The molecular weight excluding hydrogens is 236 g/mol. The van der Waals surface area contributed by atoms with Gasteiger partial charge in [-0.1, -0.05) is 32.0 Å². The Kier molecular flexibility index (Phi) is 3.14. The molecule has 1 N–H and O–H groups in total. The SMILES string of the molecule is Cc1cccc(C(C)C)c1NS(=O)(=O)N1CC1. The predicted molar refractivity (Wildman–Crippen MR) is 69.4 cm³/mol. The van der Waals surface area contributed by atoms with Crippen molar-refractivity contribution in [3.63, 3.8) is 0 Å². The van der Waals surface area contributed by atoms with Gasteiger partial charge in [-0.2, -0.15) is 12.7 Å². The zero-order valence-corrected chi connectivity index (χ0v) is 11.2. The lowest BCUT2D eigenvalue weighted by atomic mass is 9.99. The minimum absolute atomic E-state index is 0.293. The Morgan fingerprint density at radius 3 is 2.47 bits per heavy atom. The van der Waals surface area contributed by atoms with E-state index in [0.29, 0.717) is 19.0 Å². The molecule has 2 rings (SSSR count). The zero-order chi connectivity index (χ0) is 12.6. The van der Waals surface area contributed by atoms with Crippen LogP contribution >= 0.6 is 0 Å². The van der Waals surface area contributed by atoms with Gasteiger partial charge in [0.25, 0.3) is 0 Å². The van der Waals surface area contributed by atoms with Crippen LogP contribution in [0.2, 0.25) is 0 Å². The van der Waals surface area contributed by atoms with E-state index in [-0.39, 0.29) is 0 Å². The molecule has 17 heavy (non-hydrogen) atoms. The van der Waals surface area contributed by atoms with Crippen LogP contribution < -0.4 is 4.72 Å². The number of hydrogen-bond donors (Lipinski definition) is 1. The van der Waals surface area contributed by atoms with Crippen LogP contribution in [0.3, 0.4) is 0 Å². The normalized spacial score (nSPS) is 16.2. The summed E-state index contributed by atoms with van der Waals surface area (Å²) in [5.74, 6) is 0.293. The van der Waals surface area contributed by atoms with E-state index in [1.54, 1.807) is 0 Å². The van der Waals surface area contributed by atoms with Gasteiger partial charge in [0.15, 0.2) is 0 Å². The van der Waals surface area contributed by atoms with Gasteiger partial charge in [-0.3, -0.25) is 4.72 Å². The number of anilines is 1. The number of benzene rings is 1. The fourth-order valence-corrected chi connectivity index (χ4v) is 3.01. The molecule has 1 aliphatic heterocycles. The molecule has 0 aliphatic carbocycles. The van der Waals surface area contributed by atoms with E-state index in [1.165, 1.54) is 4.31 Å². The lowest BCUT2D eigenvalue weighted by Crippen LogP contribution is -2.22. The molecule has 94 valence electrons. The van der Waals surface area contributed by atoms with Crippen LogP contribution in [0.15, 0.2) is 18.2 Å². The quantitative estimate of drug-likeness (QED) is 0.836. The molecule has 1 heterocycles. The summed E-state index contributed by atoms with van der Waals surface area (Å²) in [6.45, 7) is 7.29. The minimum Gasteiger partial charge on any atom is -0.270 e. The highest BCUT2D eigenvalue weighted by molar-refractivity contribution is 7.90. The van der Waals surface area contributed by atoms with Crippen molar-refractivity contribution in [3.8, 4) is 0 Å². The Morgan fingerprint density at radius 1 is 1.29 bits per heavy atom. The lowest BCUT2D eigenvalue weighted by Gasteiger charge is -2.17. The molecule has 1 aromatic rings. The summed E-state index contributed by atoms with van der Waals surface area (Å²) >= 11 is 0. The maximum Gasteiger partial charge on any atom is 0.301 e. The van der Waals surface area contributed by atoms with Crippen LogP contribution in [0, 0.1) is 6.92 Å². The second-order valence-electron chi connectivity index (χ2n) is 4.70. The number of hydrogen-bond acceptors (Lipinski definition) is 2. The molecule has 0 radical (unpaired) electrons. The lowest BCUT2D eigenvalue weighted by molar-refractivity contribution is 0.569. The van der Waals surface area contributed by atoms with Gasteiger partial charge in [-0.25, -0.2) is 0 Å². The Balaban J connectivity index is 2.37. The average Bonchev–Trinajstić information content (AvgIpc) is 3.03. The summed E-state index contributed by atoms with van der Waals surface area (Å²) in [5, 5.41) is 0. The van der Waals surface area contributed by atoms with Crippen LogP contribution in [0.25, 0.3) is 0 Å². The van der Waals surface area contributed by atoms with E-state index in [4.69, 9.17) is 0 Å². The molecule has 0 bridgehead atoms. The molecule has 0 saturated carbocycles. The Morgan fingerprint density at radius 2 is 1.94 bits per heavy atom. The van der Waals surface area contributed by atoms with Crippen LogP contribution in [0.5, 0.6) is 0 Å². The van der Waals surface area contributed by atoms with Gasteiger partial charge < -0.3 is 0 Å². The van der Waals surface area contributed by atoms with Crippen molar-refractivity contribution in [1.29, 1.82) is 0 Å². The third-order valence-electron chi connectivity index (χ3n) is 2.90. The van der Waals surface area contributed by atoms with E-state index in [9.17, 15) is 8.42 Å². The van der Waals surface area contributed by atoms with Gasteiger partial charge in [0, 0.05) is 13.1 Å². The molecular formula is C12H18N2O2S. The summed E-state index contributed by atoms with van der Waals surface area (Å²) in [5.41, 5.74) is 2.73. The molecule has 0 spiro atoms. The Hall–Kier alpha value is -1.07. The van der Waals surface area contributed by atoms with E-state index in [2.05, 4.69) is 18.6 Å². The first-order valence-corrected chi connectivity index (χ1v) is 7.23. The van der Waals surface area contributed by atoms with Crippen LogP contribution in [-0.4, -0.2) is 25.8 Å². The highest BCUT2D eigenvalue weighted by Gasteiger charge is 2.32. The molecule has 5 heteroatoms. The Labute approximate surface area is 103 Å². The summed E-state index contributed by atoms with van der Waals surface area (Å²) in [7, 11) is -3.34. The first-order chi connectivity index (χ1) is 7.92. The topological polar surface area (TPSA) is 49.2 Å². The first-order valence-electron chi connectivity index (χ1n) is 5.79. The fraction of sp³-hybridized carbons (Fsp3) is 0.500. The van der Waals surface area contributed by atoms with Crippen molar-refractivity contribution in [2.75, 3.05) is 17.8 Å². The first kappa shape index (κ1) is 12.4. The van der Waals surface area contributed by atoms with Crippen LogP contribution in [0.4, 0.5) is 5.69 Å². The number of nitrogens with one attached hydrogen (secondary N) is 1. The van der Waals surface area contributed by atoms with Crippen molar-refractivity contribution < 1.29 is 8.42 Å². The maximum absolute atomic E-state index is 11.9. The van der Waals surface area contributed by atoms with Gasteiger partial charge in [0.1, 0.15) is 0 Å². The van der Waals surface area contributed by atoms with E-state index in [0.717, 1.165) is 16.8 Å². The van der Waals surface area contributed by atoms with Gasteiger partial charge >= 0.3 is 10.2 Å². The van der Waals surface area contributed by atoms with Crippen LogP contribution in [0.1, 0.15) is 30.9 Å². The smallest absolute Gasteiger partial charge is 0.270 e. The summed E-state index contributed by atoms with van der Waals surface area (Å²) in [6.07, 6.45) is 0. The van der Waals surface area contributed by atoms with Crippen molar-refractivity contribution >= 4 is 15.9 Å². The summed E-state index contributed by atoms with van der Waals surface area (Å²) in [4.78, 5) is 0. The minimum atomic E-state index is -3.34. The molecule has 1 aromatic carbocycles. The van der Waals surface area contributed by atoms with Crippen LogP contribution in [-0.2, 0) is 10.2 Å². The number of nitrogens with zero attached hydrogens (tertiary/aromatic N) is 1. The molecule has 1 saturated heterocycles. The number of aryl methyl sites for hydroxylation is 1. The monoisotopic (exact) mass is 254 g/mol. The largest absolute Gasteiger partial charge is 0.301 e. The second kappa shape index (κ2) is 4.31. The molecule has 0 unspecified atom stereocenters. The Bertz CT molecular complexity index is 519. The number of para-hydroxylation sites is 1. The van der Waals surface area contributed by atoms with Crippen molar-refractivity contribution in [3.05, 3.63) is 29.3 Å². The molecule has 0 aromatic heterocycles. The molecule has 0 amide bonds. The fourth-order valence-electron chi connectivity index (χ4n) is 1.79. The van der Waals surface area contributed by atoms with E-state index >= 15 is 0 Å². The number of rotatable bonds is 4. The van der Waals surface area contributed by atoms with Crippen molar-refractivity contribution in [1.82, 2.24) is 4.31 Å². The van der Waals surface area contributed by atoms with Gasteiger partial charge in [0.05, 0.1) is 5.69 Å².